The molecule has 0 spiro atoms. The Bertz CT molecular complexity index is 797. The van der Waals surface area contributed by atoms with Gasteiger partial charge in [-0.1, -0.05) is 44.2 Å². The summed E-state index contributed by atoms with van der Waals surface area (Å²) < 4.78 is 6.05. The summed E-state index contributed by atoms with van der Waals surface area (Å²) in [4.78, 5) is 12.6. The van der Waals surface area contributed by atoms with E-state index < -0.39 is 6.10 Å². The third-order valence-electron chi connectivity index (χ3n) is 5.54. The number of ether oxygens (including phenoxy) is 1. The highest BCUT2D eigenvalue weighted by molar-refractivity contribution is 5.80. The zero-order valence-electron chi connectivity index (χ0n) is 16.8. The van der Waals surface area contributed by atoms with Crippen molar-refractivity contribution in [1.29, 1.82) is 0 Å². The van der Waals surface area contributed by atoms with Gasteiger partial charge in [0, 0.05) is 6.54 Å². The summed E-state index contributed by atoms with van der Waals surface area (Å²) in [5.41, 5.74) is 6.45. The number of carbonyl (C=O) groups excluding carboxylic acids is 1. The van der Waals surface area contributed by atoms with E-state index in [0.717, 1.165) is 31.4 Å². The van der Waals surface area contributed by atoms with E-state index in [4.69, 9.17) is 4.74 Å². The molecule has 0 aromatic heterocycles. The summed E-state index contributed by atoms with van der Waals surface area (Å²) in [7, 11) is 0. The number of benzene rings is 2. The van der Waals surface area contributed by atoms with Gasteiger partial charge in [-0.2, -0.15) is 0 Å². The van der Waals surface area contributed by atoms with E-state index in [1.165, 1.54) is 40.7 Å². The molecule has 27 heavy (non-hydrogen) atoms. The zero-order chi connectivity index (χ0) is 19.2. The van der Waals surface area contributed by atoms with Gasteiger partial charge >= 0.3 is 0 Å². The average molecular weight is 366 g/mol. The lowest BCUT2D eigenvalue weighted by molar-refractivity contribution is -0.127. The second-order valence-electron chi connectivity index (χ2n) is 7.39. The maximum Gasteiger partial charge on any atom is 0.261 e. The van der Waals surface area contributed by atoms with Crippen LogP contribution in [-0.4, -0.2) is 12.0 Å². The van der Waals surface area contributed by atoms with Crippen molar-refractivity contribution in [3.8, 4) is 5.75 Å². The van der Waals surface area contributed by atoms with E-state index in [2.05, 4.69) is 43.4 Å². The summed E-state index contributed by atoms with van der Waals surface area (Å²) in [6, 6.07) is 12.8. The fourth-order valence-electron chi connectivity index (χ4n) is 3.84. The summed E-state index contributed by atoms with van der Waals surface area (Å²) in [5.74, 6) is 0.810. The van der Waals surface area contributed by atoms with E-state index in [-0.39, 0.29) is 5.91 Å². The Labute approximate surface area is 163 Å². The van der Waals surface area contributed by atoms with Gasteiger partial charge in [0.2, 0.25) is 0 Å². The number of aryl methyl sites for hydroxylation is 3. The first-order valence-electron chi connectivity index (χ1n) is 10.3. The lowest BCUT2D eigenvalue weighted by Gasteiger charge is -2.22. The number of amides is 1. The molecule has 0 saturated carbocycles. The molecule has 3 heteroatoms. The number of carbonyl (C=O) groups is 1. The predicted molar refractivity (Wildman–Crippen MR) is 110 cm³/mol. The van der Waals surface area contributed by atoms with Crippen LogP contribution >= 0.6 is 0 Å². The lowest BCUT2D eigenvalue weighted by Crippen LogP contribution is -2.36. The van der Waals surface area contributed by atoms with Gasteiger partial charge in [0.1, 0.15) is 5.75 Å². The van der Waals surface area contributed by atoms with E-state index in [9.17, 15) is 4.79 Å². The van der Waals surface area contributed by atoms with E-state index in [1.54, 1.807) is 0 Å². The molecule has 1 unspecified atom stereocenters. The molecule has 1 amide bonds. The Morgan fingerprint density at radius 1 is 1.07 bits per heavy atom. The van der Waals surface area contributed by atoms with Crippen molar-refractivity contribution < 1.29 is 9.53 Å². The molecule has 0 fully saturated rings. The molecule has 2 aromatic rings. The van der Waals surface area contributed by atoms with Gasteiger partial charge in [0.15, 0.2) is 6.10 Å². The van der Waals surface area contributed by atoms with Crippen molar-refractivity contribution in [2.24, 2.45) is 0 Å². The molecule has 144 valence electrons. The maximum absolute atomic E-state index is 12.6. The highest BCUT2D eigenvalue weighted by Gasteiger charge is 2.19. The number of nitrogens with one attached hydrogen (secondary N) is 1. The summed E-state index contributed by atoms with van der Waals surface area (Å²) in [6.45, 7) is 6.69. The maximum atomic E-state index is 12.6. The fraction of sp³-hybridized carbons (Fsp3) is 0.458. The molecule has 0 bridgehead atoms. The smallest absolute Gasteiger partial charge is 0.261 e. The molecular formula is C24H31NO2. The monoisotopic (exact) mass is 365 g/mol. The van der Waals surface area contributed by atoms with Gasteiger partial charge in [0.05, 0.1) is 0 Å². The quantitative estimate of drug-likeness (QED) is 0.767. The first kappa shape index (κ1) is 19.5. The molecule has 0 aliphatic heterocycles. The van der Waals surface area contributed by atoms with Crippen LogP contribution in [-0.2, 0) is 37.0 Å². The van der Waals surface area contributed by atoms with Crippen molar-refractivity contribution in [2.75, 3.05) is 0 Å². The van der Waals surface area contributed by atoms with Crippen LogP contribution in [0.25, 0.3) is 0 Å². The second-order valence-corrected chi connectivity index (χ2v) is 7.39. The van der Waals surface area contributed by atoms with Crippen LogP contribution in [0.3, 0.4) is 0 Å². The van der Waals surface area contributed by atoms with Crippen molar-refractivity contribution in [3.63, 3.8) is 0 Å². The molecule has 1 aliphatic carbocycles. The fourth-order valence-corrected chi connectivity index (χ4v) is 3.84. The predicted octanol–water partition coefficient (Wildman–Crippen LogP) is 4.77. The van der Waals surface area contributed by atoms with Crippen LogP contribution in [0.1, 0.15) is 61.4 Å². The largest absolute Gasteiger partial charge is 0.481 e. The van der Waals surface area contributed by atoms with Crippen molar-refractivity contribution in [2.45, 2.75) is 71.9 Å². The molecule has 1 atom stereocenters. The van der Waals surface area contributed by atoms with Gasteiger partial charge in [-0.15, -0.1) is 0 Å². The average Bonchev–Trinajstić information content (AvgIpc) is 2.71. The minimum Gasteiger partial charge on any atom is -0.481 e. The minimum absolute atomic E-state index is 0.0626. The summed E-state index contributed by atoms with van der Waals surface area (Å²) in [5, 5.41) is 3.06. The Morgan fingerprint density at radius 3 is 2.67 bits per heavy atom. The first-order valence-corrected chi connectivity index (χ1v) is 10.3. The van der Waals surface area contributed by atoms with Crippen LogP contribution in [0.4, 0.5) is 0 Å². The molecule has 2 aromatic carbocycles. The topological polar surface area (TPSA) is 38.3 Å². The normalized spacial score (nSPS) is 14.3. The Balaban J connectivity index is 1.64. The van der Waals surface area contributed by atoms with Crippen molar-refractivity contribution >= 4 is 5.91 Å². The second kappa shape index (κ2) is 9.07. The number of fused-ring (bicyclic) bond motifs is 1. The molecule has 0 saturated heterocycles. The standard InChI is InChI=1S/C24H31NO2/c1-4-18-13-14-19(5-2)21(15-18)16-25-24(26)17(3)27-23-12-8-10-20-9-6-7-11-22(20)23/h8,10,12-15,17H,4-7,9,11,16H2,1-3H3,(H,25,26). The molecule has 3 nitrogen and oxygen atoms in total. The van der Waals surface area contributed by atoms with Crippen LogP contribution in [0.2, 0.25) is 0 Å². The number of rotatable bonds is 7. The van der Waals surface area contributed by atoms with E-state index >= 15 is 0 Å². The minimum atomic E-state index is -0.502. The molecule has 1 N–H and O–H groups in total. The SMILES string of the molecule is CCc1ccc(CC)c(CNC(=O)C(C)Oc2cccc3c2CCCC3)c1. The molecule has 3 rings (SSSR count). The zero-order valence-corrected chi connectivity index (χ0v) is 16.8. The van der Waals surface area contributed by atoms with E-state index in [1.807, 2.05) is 19.1 Å². The molecule has 0 heterocycles. The van der Waals surface area contributed by atoms with Crippen molar-refractivity contribution in [1.82, 2.24) is 5.32 Å². The van der Waals surface area contributed by atoms with Crippen LogP contribution in [0, 0.1) is 0 Å². The first-order chi connectivity index (χ1) is 13.1. The van der Waals surface area contributed by atoms with Gasteiger partial charge < -0.3 is 10.1 Å². The van der Waals surface area contributed by atoms with Crippen LogP contribution < -0.4 is 10.1 Å². The Hall–Kier alpha value is -2.29. The van der Waals surface area contributed by atoms with Gasteiger partial charge in [-0.05, 0) is 79.3 Å². The van der Waals surface area contributed by atoms with E-state index in [0.29, 0.717) is 6.54 Å². The number of hydrogen-bond acceptors (Lipinski definition) is 2. The van der Waals surface area contributed by atoms with Crippen LogP contribution in [0.5, 0.6) is 5.75 Å². The Morgan fingerprint density at radius 2 is 1.89 bits per heavy atom. The summed E-state index contributed by atoms with van der Waals surface area (Å²) >= 11 is 0. The summed E-state index contributed by atoms with van der Waals surface area (Å²) in [6.07, 6.45) is 6.06. The van der Waals surface area contributed by atoms with Crippen LogP contribution in [0.15, 0.2) is 36.4 Å². The Kier molecular flexibility index (Phi) is 6.54. The van der Waals surface area contributed by atoms with Gasteiger partial charge in [-0.3, -0.25) is 4.79 Å². The molecule has 1 aliphatic rings. The third kappa shape index (κ3) is 4.71. The van der Waals surface area contributed by atoms with Crippen molar-refractivity contribution in [3.05, 3.63) is 64.2 Å². The third-order valence-corrected chi connectivity index (χ3v) is 5.54. The number of hydrogen-bond donors (Lipinski definition) is 1. The molecular weight excluding hydrogens is 334 g/mol. The molecule has 0 radical (unpaired) electrons. The van der Waals surface area contributed by atoms with Gasteiger partial charge in [-0.25, -0.2) is 0 Å². The lowest BCUT2D eigenvalue weighted by atomic mass is 9.91. The highest BCUT2D eigenvalue weighted by atomic mass is 16.5. The van der Waals surface area contributed by atoms with Gasteiger partial charge in [0.25, 0.3) is 5.91 Å². The highest BCUT2D eigenvalue weighted by Crippen LogP contribution is 2.30.